The number of hydrogen-bond donors (Lipinski definition) is 0. The van der Waals surface area contributed by atoms with Gasteiger partial charge in [0, 0.05) is 18.5 Å². The van der Waals surface area contributed by atoms with Gasteiger partial charge < -0.3 is 4.74 Å². The fourth-order valence-corrected chi connectivity index (χ4v) is 3.23. The molecule has 0 saturated heterocycles. The van der Waals surface area contributed by atoms with Gasteiger partial charge in [-0.2, -0.15) is 0 Å². The zero-order chi connectivity index (χ0) is 15.3. The van der Waals surface area contributed by atoms with Crippen LogP contribution in [0.5, 0.6) is 11.5 Å². The number of rotatable bonds is 0. The Kier molecular flexibility index (Phi) is 3.28. The lowest BCUT2D eigenvalue weighted by Gasteiger charge is -2.32. The van der Waals surface area contributed by atoms with E-state index in [1.54, 1.807) is 6.07 Å². The van der Waals surface area contributed by atoms with E-state index < -0.39 is 0 Å². The summed E-state index contributed by atoms with van der Waals surface area (Å²) in [5.74, 6) is 2.55. The van der Waals surface area contributed by atoms with E-state index in [4.69, 9.17) is 32.9 Å². The van der Waals surface area contributed by atoms with E-state index in [0.717, 1.165) is 35.8 Å². The van der Waals surface area contributed by atoms with Gasteiger partial charge in [0.15, 0.2) is 11.5 Å². The molecule has 0 spiro atoms. The molecule has 2 heterocycles. The highest BCUT2D eigenvalue weighted by Gasteiger charge is 2.30. The molecule has 22 heavy (non-hydrogen) atoms. The standard InChI is InChI=1S/C17H14Cl2N2O/c1-10-6-7-17(20-10)21-13-4-2-3-5-15(13)22-16-9-12(19)11(18)8-14(16)21/h2-5,8-10H,6-7H2,1H3. The fourth-order valence-electron chi connectivity index (χ4n) is 2.92. The molecule has 1 atom stereocenters. The average molecular weight is 333 g/mol. The van der Waals surface area contributed by atoms with Crippen molar-refractivity contribution < 1.29 is 4.74 Å². The van der Waals surface area contributed by atoms with Crippen molar-refractivity contribution in [3.8, 4) is 11.5 Å². The van der Waals surface area contributed by atoms with Crippen LogP contribution in [-0.4, -0.2) is 11.9 Å². The number of nitrogens with zero attached hydrogens (tertiary/aromatic N) is 2. The summed E-state index contributed by atoms with van der Waals surface area (Å²) < 4.78 is 5.99. The van der Waals surface area contributed by atoms with Crippen molar-refractivity contribution in [2.24, 2.45) is 4.99 Å². The van der Waals surface area contributed by atoms with Crippen LogP contribution in [0.4, 0.5) is 11.4 Å². The normalized spacial score (nSPS) is 19.3. The van der Waals surface area contributed by atoms with Crippen LogP contribution in [-0.2, 0) is 0 Å². The number of anilines is 2. The number of amidine groups is 1. The third-order valence-electron chi connectivity index (χ3n) is 3.98. The minimum absolute atomic E-state index is 0.344. The van der Waals surface area contributed by atoms with Crippen molar-refractivity contribution in [2.75, 3.05) is 4.90 Å². The van der Waals surface area contributed by atoms with Crippen LogP contribution in [0.3, 0.4) is 0 Å². The molecule has 1 unspecified atom stereocenters. The van der Waals surface area contributed by atoms with Crippen LogP contribution >= 0.6 is 23.2 Å². The Hall–Kier alpha value is -1.71. The number of benzene rings is 2. The molecule has 2 aromatic carbocycles. The Labute approximate surface area is 139 Å². The molecule has 2 aliphatic heterocycles. The summed E-state index contributed by atoms with van der Waals surface area (Å²) in [6, 6.07) is 11.9. The van der Waals surface area contributed by atoms with Gasteiger partial charge in [-0.15, -0.1) is 0 Å². The third-order valence-corrected chi connectivity index (χ3v) is 4.70. The number of hydrogen-bond acceptors (Lipinski definition) is 3. The predicted octanol–water partition coefficient (Wildman–Crippen LogP) is 5.82. The first kappa shape index (κ1) is 13.9. The first-order valence-corrected chi connectivity index (χ1v) is 8.02. The van der Waals surface area contributed by atoms with Gasteiger partial charge >= 0.3 is 0 Å². The van der Waals surface area contributed by atoms with Gasteiger partial charge in [-0.25, -0.2) is 0 Å². The Morgan fingerprint density at radius 2 is 1.86 bits per heavy atom. The first-order valence-electron chi connectivity index (χ1n) is 7.26. The summed E-state index contributed by atoms with van der Waals surface area (Å²) in [5, 5.41) is 1.00. The molecule has 0 radical (unpaired) electrons. The van der Waals surface area contributed by atoms with Crippen molar-refractivity contribution in [3.05, 3.63) is 46.4 Å². The highest BCUT2D eigenvalue weighted by atomic mass is 35.5. The Bertz CT molecular complexity index is 788. The molecule has 0 bridgehead atoms. The second-order valence-electron chi connectivity index (χ2n) is 5.57. The smallest absolute Gasteiger partial charge is 0.153 e. The van der Waals surface area contributed by atoms with Crippen LogP contribution in [0, 0.1) is 0 Å². The third kappa shape index (κ3) is 2.16. The van der Waals surface area contributed by atoms with Crippen molar-refractivity contribution in [3.63, 3.8) is 0 Å². The van der Waals surface area contributed by atoms with E-state index in [1.807, 2.05) is 30.3 Å². The van der Waals surface area contributed by atoms with Gasteiger partial charge in [0.05, 0.1) is 21.4 Å². The molecular formula is C17H14Cl2N2O. The molecule has 2 aliphatic rings. The van der Waals surface area contributed by atoms with E-state index in [9.17, 15) is 0 Å². The highest BCUT2D eigenvalue weighted by Crippen LogP contribution is 2.49. The maximum Gasteiger partial charge on any atom is 0.153 e. The van der Waals surface area contributed by atoms with Crippen LogP contribution in [0.2, 0.25) is 10.0 Å². The van der Waals surface area contributed by atoms with Gasteiger partial charge in [0.1, 0.15) is 5.84 Å². The summed E-state index contributed by atoms with van der Waals surface area (Å²) in [6.45, 7) is 2.13. The number of aliphatic imine (C=N–C) groups is 1. The molecule has 0 N–H and O–H groups in total. The van der Waals surface area contributed by atoms with Gasteiger partial charge in [0.25, 0.3) is 0 Å². The molecular weight excluding hydrogens is 319 g/mol. The van der Waals surface area contributed by atoms with Gasteiger partial charge in [-0.05, 0) is 31.5 Å². The van der Waals surface area contributed by atoms with Crippen molar-refractivity contribution in [2.45, 2.75) is 25.8 Å². The molecule has 2 aromatic rings. The number of halogens is 2. The Morgan fingerprint density at radius 3 is 2.64 bits per heavy atom. The largest absolute Gasteiger partial charge is 0.453 e. The fraction of sp³-hybridized carbons (Fsp3) is 0.235. The zero-order valence-electron chi connectivity index (χ0n) is 12.0. The summed E-state index contributed by atoms with van der Waals surface area (Å²) in [7, 11) is 0. The summed E-state index contributed by atoms with van der Waals surface area (Å²) in [4.78, 5) is 6.91. The molecule has 0 amide bonds. The maximum absolute atomic E-state index is 6.22. The highest BCUT2D eigenvalue weighted by molar-refractivity contribution is 6.42. The van der Waals surface area contributed by atoms with Crippen LogP contribution in [0.25, 0.3) is 0 Å². The number of fused-ring (bicyclic) bond motifs is 2. The Morgan fingerprint density at radius 1 is 1.09 bits per heavy atom. The number of ether oxygens (including phenoxy) is 1. The molecule has 0 aromatic heterocycles. The minimum atomic E-state index is 0.344. The predicted molar refractivity (Wildman–Crippen MR) is 91.2 cm³/mol. The van der Waals surface area contributed by atoms with E-state index in [-0.39, 0.29) is 0 Å². The molecule has 112 valence electrons. The second-order valence-corrected chi connectivity index (χ2v) is 6.39. The summed E-state index contributed by atoms with van der Waals surface area (Å²) >= 11 is 12.4. The summed E-state index contributed by atoms with van der Waals surface area (Å²) in [6.07, 6.45) is 2.00. The number of para-hydroxylation sites is 2. The second kappa shape index (κ2) is 5.18. The van der Waals surface area contributed by atoms with Gasteiger partial charge in [-0.1, -0.05) is 35.3 Å². The van der Waals surface area contributed by atoms with Crippen LogP contribution in [0.15, 0.2) is 41.4 Å². The maximum atomic E-state index is 6.22. The molecule has 0 saturated carbocycles. The minimum Gasteiger partial charge on any atom is -0.453 e. The van der Waals surface area contributed by atoms with Crippen molar-refractivity contribution >= 4 is 40.4 Å². The Balaban J connectivity index is 1.93. The molecule has 0 aliphatic carbocycles. The zero-order valence-corrected chi connectivity index (χ0v) is 13.5. The van der Waals surface area contributed by atoms with Crippen molar-refractivity contribution in [1.82, 2.24) is 0 Å². The summed E-state index contributed by atoms with van der Waals surface area (Å²) in [5.41, 5.74) is 1.88. The monoisotopic (exact) mass is 332 g/mol. The quantitative estimate of drug-likeness (QED) is 0.607. The van der Waals surface area contributed by atoms with Crippen LogP contribution < -0.4 is 9.64 Å². The lowest BCUT2D eigenvalue weighted by molar-refractivity contribution is 0.477. The van der Waals surface area contributed by atoms with E-state index in [2.05, 4.69) is 11.8 Å². The van der Waals surface area contributed by atoms with Crippen LogP contribution in [0.1, 0.15) is 19.8 Å². The molecule has 5 heteroatoms. The molecule has 3 nitrogen and oxygen atoms in total. The lowest BCUT2D eigenvalue weighted by Crippen LogP contribution is -2.27. The van der Waals surface area contributed by atoms with E-state index in [1.165, 1.54) is 0 Å². The first-order chi connectivity index (χ1) is 10.6. The van der Waals surface area contributed by atoms with Gasteiger partial charge in [0.2, 0.25) is 0 Å². The molecule has 4 rings (SSSR count). The van der Waals surface area contributed by atoms with Crippen molar-refractivity contribution in [1.29, 1.82) is 0 Å². The SMILES string of the molecule is CC1CCC(N2c3ccccc3Oc3cc(Cl)c(Cl)cc32)=N1. The van der Waals surface area contributed by atoms with E-state index in [0.29, 0.717) is 21.8 Å². The van der Waals surface area contributed by atoms with E-state index >= 15 is 0 Å². The average Bonchev–Trinajstić information content (AvgIpc) is 2.92. The van der Waals surface area contributed by atoms with Gasteiger partial charge in [-0.3, -0.25) is 9.89 Å². The topological polar surface area (TPSA) is 24.8 Å². The lowest BCUT2D eigenvalue weighted by atomic mass is 10.1. The molecule has 0 fully saturated rings.